The van der Waals surface area contributed by atoms with Crippen LogP contribution >= 0.6 is 0 Å². The Morgan fingerprint density at radius 3 is 2.48 bits per heavy atom. The van der Waals surface area contributed by atoms with Gasteiger partial charge < -0.3 is 10.1 Å². The minimum Gasteiger partial charge on any atom is -0.469 e. The van der Waals surface area contributed by atoms with Crippen molar-refractivity contribution in [2.45, 2.75) is 12.5 Å². The Morgan fingerprint density at radius 1 is 1.04 bits per heavy atom. The molecule has 136 valence electrons. The van der Waals surface area contributed by atoms with Gasteiger partial charge in [-0.05, 0) is 23.8 Å². The topological polar surface area (TPSA) is 81.2 Å². The number of rotatable bonds is 6. The fraction of sp³-hybridized carbons (Fsp3) is 0.143. The fourth-order valence-electron chi connectivity index (χ4n) is 2.63. The average molecular weight is 361 g/mol. The highest BCUT2D eigenvalue weighted by atomic mass is 16.5. The highest BCUT2D eigenvalue weighted by Gasteiger charge is 2.20. The van der Waals surface area contributed by atoms with E-state index in [9.17, 15) is 9.59 Å². The number of carbonyl (C=O) groups excluding carboxylic acids is 2. The molecule has 6 heteroatoms. The second kappa shape index (κ2) is 8.71. The molecule has 0 bridgehead atoms. The predicted molar refractivity (Wildman–Crippen MR) is 101 cm³/mol. The Balaban J connectivity index is 1.76. The number of ether oxygens (including phenoxy) is 1. The second-order valence-corrected chi connectivity index (χ2v) is 5.89. The van der Waals surface area contributed by atoms with Gasteiger partial charge in [0, 0.05) is 24.2 Å². The molecule has 1 atom stereocenters. The van der Waals surface area contributed by atoms with E-state index in [1.807, 2.05) is 30.3 Å². The van der Waals surface area contributed by atoms with E-state index in [1.54, 1.807) is 36.7 Å². The second-order valence-electron chi connectivity index (χ2n) is 5.89. The SMILES string of the molecule is COC(=O)CC(NC(=O)c1ccc(-c2ccccc2)nc1)c1cccnc1. The first-order chi connectivity index (χ1) is 13.2. The summed E-state index contributed by atoms with van der Waals surface area (Å²) >= 11 is 0. The summed E-state index contributed by atoms with van der Waals surface area (Å²) in [6.07, 6.45) is 4.79. The predicted octanol–water partition coefficient (Wildman–Crippen LogP) is 3.18. The summed E-state index contributed by atoms with van der Waals surface area (Å²) < 4.78 is 4.73. The normalized spacial score (nSPS) is 11.4. The summed E-state index contributed by atoms with van der Waals surface area (Å²) in [6.45, 7) is 0. The Kier molecular flexibility index (Phi) is 5.89. The van der Waals surface area contributed by atoms with Crippen molar-refractivity contribution in [1.82, 2.24) is 15.3 Å². The van der Waals surface area contributed by atoms with Crippen molar-refractivity contribution >= 4 is 11.9 Å². The van der Waals surface area contributed by atoms with E-state index in [2.05, 4.69) is 15.3 Å². The van der Waals surface area contributed by atoms with E-state index in [0.717, 1.165) is 16.8 Å². The number of hydrogen-bond donors (Lipinski definition) is 1. The summed E-state index contributed by atoms with van der Waals surface area (Å²) in [7, 11) is 1.32. The molecule has 0 saturated carbocycles. The van der Waals surface area contributed by atoms with Gasteiger partial charge in [-0.15, -0.1) is 0 Å². The molecule has 2 aromatic heterocycles. The summed E-state index contributed by atoms with van der Waals surface area (Å²) in [5, 5.41) is 2.85. The summed E-state index contributed by atoms with van der Waals surface area (Å²) in [5.41, 5.74) is 2.90. The number of benzene rings is 1. The van der Waals surface area contributed by atoms with Crippen molar-refractivity contribution in [3.8, 4) is 11.3 Å². The molecule has 3 rings (SSSR count). The number of hydrogen-bond acceptors (Lipinski definition) is 5. The van der Waals surface area contributed by atoms with E-state index in [-0.39, 0.29) is 12.3 Å². The standard InChI is InChI=1S/C21H19N3O3/c1-27-20(25)12-19(16-8-5-11-22-13-16)24-21(26)17-9-10-18(23-14-17)15-6-3-2-4-7-15/h2-11,13-14,19H,12H2,1H3,(H,24,26). The van der Waals surface area contributed by atoms with Gasteiger partial charge in [-0.2, -0.15) is 0 Å². The Bertz CT molecular complexity index is 897. The lowest BCUT2D eigenvalue weighted by Gasteiger charge is -2.18. The lowest BCUT2D eigenvalue weighted by molar-refractivity contribution is -0.141. The molecule has 3 aromatic rings. The van der Waals surface area contributed by atoms with Crippen LogP contribution in [0.25, 0.3) is 11.3 Å². The number of nitrogens with zero attached hydrogens (tertiary/aromatic N) is 2. The zero-order chi connectivity index (χ0) is 19.1. The third kappa shape index (κ3) is 4.76. The molecule has 0 spiro atoms. The van der Waals surface area contributed by atoms with Crippen LogP contribution in [0.15, 0.2) is 73.2 Å². The molecule has 1 unspecified atom stereocenters. The number of pyridine rings is 2. The van der Waals surface area contributed by atoms with Crippen LogP contribution in [0.1, 0.15) is 28.4 Å². The van der Waals surface area contributed by atoms with Gasteiger partial charge >= 0.3 is 5.97 Å². The zero-order valence-corrected chi connectivity index (χ0v) is 14.8. The van der Waals surface area contributed by atoms with Crippen molar-refractivity contribution < 1.29 is 14.3 Å². The van der Waals surface area contributed by atoms with Gasteiger partial charge in [0.2, 0.25) is 0 Å². The molecule has 1 aromatic carbocycles. The van der Waals surface area contributed by atoms with Gasteiger partial charge in [-0.1, -0.05) is 36.4 Å². The minimum atomic E-state index is -0.535. The number of carbonyl (C=O) groups is 2. The summed E-state index contributed by atoms with van der Waals surface area (Å²) in [6, 6.07) is 16.2. The molecule has 6 nitrogen and oxygen atoms in total. The maximum absolute atomic E-state index is 12.6. The summed E-state index contributed by atoms with van der Waals surface area (Å²) in [4.78, 5) is 32.7. The van der Waals surface area contributed by atoms with E-state index < -0.39 is 12.0 Å². The van der Waals surface area contributed by atoms with Gasteiger partial charge in [-0.3, -0.25) is 19.6 Å². The summed E-state index contributed by atoms with van der Waals surface area (Å²) in [5.74, 6) is -0.735. The Hall–Kier alpha value is -3.54. The monoisotopic (exact) mass is 361 g/mol. The van der Waals surface area contributed by atoms with Crippen LogP contribution in [0.2, 0.25) is 0 Å². The molecule has 1 N–H and O–H groups in total. The van der Waals surface area contributed by atoms with E-state index in [1.165, 1.54) is 13.3 Å². The van der Waals surface area contributed by atoms with Crippen molar-refractivity contribution in [2.24, 2.45) is 0 Å². The van der Waals surface area contributed by atoms with E-state index in [4.69, 9.17) is 4.74 Å². The van der Waals surface area contributed by atoms with Crippen LogP contribution < -0.4 is 5.32 Å². The van der Waals surface area contributed by atoms with Gasteiger partial charge in [-0.25, -0.2) is 0 Å². The first-order valence-corrected chi connectivity index (χ1v) is 8.46. The van der Waals surface area contributed by atoms with E-state index >= 15 is 0 Å². The fourth-order valence-corrected chi connectivity index (χ4v) is 2.63. The maximum Gasteiger partial charge on any atom is 0.307 e. The first kappa shape index (κ1) is 18.3. The quantitative estimate of drug-likeness (QED) is 0.682. The third-order valence-corrected chi connectivity index (χ3v) is 4.09. The average Bonchev–Trinajstić information content (AvgIpc) is 2.74. The zero-order valence-electron chi connectivity index (χ0n) is 14.8. The molecule has 1 amide bonds. The van der Waals surface area contributed by atoms with Crippen LogP contribution in [0.4, 0.5) is 0 Å². The number of aromatic nitrogens is 2. The third-order valence-electron chi connectivity index (χ3n) is 4.09. The van der Waals surface area contributed by atoms with Gasteiger partial charge in [0.15, 0.2) is 0 Å². The first-order valence-electron chi connectivity index (χ1n) is 8.46. The van der Waals surface area contributed by atoms with Gasteiger partial charge in [0.05, 0.1) is 30.8 Å². The molecule has 0 aliphatic rings. The van der Waals surface area contributed by atoms with Gasteiger partial charge in [0.25, 0.3) is 5.91 Å². The van der Waals surface area contributed by atoms with Crippen LogP contribution in [-0.2, 0) is 9.53 Å². The number of esters is 1. The number of nitrogens with one attached hydrogen (secondary N) is 1. The maximum atomic E-state index is 12.6. The lowest BCUT2D eigenvalue weighted by Crippen LogP contribution is -2.30. The van der Waals surface area contributed by atoms with Crippen molar-refractivity contribution in [1.29, 1.82) is 0 Å². The molecular formula is C21H19N3O3. The molecule has 0 fully saturated rings. The Morgan fingerprint density at radius 2 is 1.85 bits per heavy atom. The highest BCUT2D eigenvalue weighted by molar-refractivity contribution is 5.94. The number of methoxy groups -OCH3 is 1. The van der Waals surface area contributed by atoms with Crippen LogP contribution in [-0.4, -0.2) is 29.0 Å². The molecule has 0 aliphatic carbocycles. The molecule has 27 heavy (non-hydrogen) atoms. The van der Waals surface area contributed by atoms with Crippen LogP contribution in [0, 0.1) is 0 Å². The molecular weight excluding hydrogens is 342 g/mol. The largest absolute Gasteiger partial charge is 0.469 e. The molecule has 0 saturated heterocycles. The highest BCUT2D eigenvalue weighted by Crippen LogP contribution is 2.19. The van der Waals surface area contributed by atoms with Gasteiger partial charge in [0.1, 0.15) is 0 Å². The Labute approximate surface area is 157 Å². The van der Waals surface area contributed by atoms with Crippen LogP contribution in [0.3, 0.4) is 0 Å². The van der Waals surface area contributed by atoms with E-state index in [0.29, 0.717) is 5.56 Å². The minimum absolute atomic E-state index is 0.0173. The molecule has 0 aliphatic heterocycles. The smallest absolute Gasteiger partial charge is 0.307 e. The van der Waals surface area contributed by atoms with Crippen molar-refractivity contribution in [2.75, 3.05) is 7.11 Å². The number of amides is 1. The van der Waals surface area contributed by atoms with Crippen LogP contribution in [0.5, 0.6) is 0 Å². The van der Waals surface area contributed by atoms with Crippen molar-refractivity contribution in [3.63, 3.8) is 0 Å². The van der Waals surface area contributed by atoms with Crippen molar-refractivity contribution in [3.05, 3.63) is 84.3 Å². The molecule has 2 heterocycles. The molecule has 0 radical (unpaired) electrons. The lowest BCUT2D eigenvalue weighted by atomic mass is 10.1.